The van der Waals surface area contributed by atoms with Gasteiger partial charge in [0.25, 0.3) is 0 Å². The van der Waals surface area contributed by atoms with E-state index in [1.54, 1.807) is 30.3 Å². The van der Waals surface area contributed by atoms with Gasteiger partial charge in [-0.3, -0.25) is 9.59 Å². The Morgan fingerprint density at radius 2 is 1.72 bits per heavy atom. The highest BCUT2D eigenvalue weighted by molar-refractivity contribution is 5.95. The first-order valence-corrected chi connectivity index (χ1v) is 7.55. The summed E-state index contributed by atoms with van der Waals surface area (Å²) in [5.41, 5.74) is 0.784. The van der Waals surface area contributed by atoms with Crippen LogP contribution >= 0.6 is 0 Å². The number of nitrogens with one attached hydrogen (secondary N) is 2. The van der Waals surface area contributed by atoms with Crippen LogP contribution in [0.4, 0.5) is 10.1 Å². The minimum absolute atomic E-state index is 0.129. The van der Waals surface area contributed by atoms with Crippen LogP contribution in [0, 0.1) is 5.82 Å². The number of anilines is 1. The van der Waals surface area contributed by atoms with Gasteiger partial charge in [0.15, 0.2) is 11.5 Å². The van der Waals surface area contributed by atoms with E-state index in [-0.39, 0.29) is 18.5 Å². The third kappa shape index (κ3) is 5.20. The average Bonchev–Trinajstić information content (AvgIpc) is 2.62. The molecule has 0 saturated heterocycles. The van der Waals surface area contributed by atoms with E-state index in [2.05, 4.69) is 10.6 Å². The van der Waals surface area contributed by atoms with Crippen molar-refractivity contribution >= 4 is 17.5 Å². The summed E-state index contributed by atoms with van der Waals surface area (Å²) in [6.45, 7) is -0.221. The molecule has 0 aromatic heterocycles. The van der Waals surface area contributed by atoms with Gasteiger partial charge in [-0.15, -0.1) is 0 Å². The molecular formula is C18H19FN2O4. The van der Waals surface area contributed by atoms with Crippen molar-refractivity contribution < 1.29 is 23.5 Å². The zero-order valence-corrected chi connectivity index (χ0v) is 14.0. The normalized spacial score (nSPS) is 10.0. The lowest BCUT2D eigenvalue weighted by molar-refractivity contribution is -0.123. The van der Waals surface area contributed by atoms with Crippen molar-refractivity contribution in [1.82, 2.24) is 5.32 Å². The van der Waals surface area contributed by atoms with E-state index in [0.29, 0.717) is 17.2 Å². The van der Waals surface area contributed by atoms with Crippen molar-refractivity contribution in [2.75, 3.05) is 26.1 Å². The van der Waals surface area contributed by atoms with Gasteiger partial charge < -0.3 is 20.1 Å². The topological polar surface area (TPSA) is 76.7 Å². The van der Waals surface area contributed by atoms with Gasteiger partial charge in [0.05, 0.1) is 27.2 Å². The van der Waals surface area contributed by atoms with Gasteiger partial charge in [-0.05, 0) is 23.8 Å². The van der Waals surface area contributed by atoms with E-state index in [1.807, 2.05) is 0 Å². The Labute approximate surface area is 144 Å². The second-order valence-electron chi connectivity index (χ2n) is 5.16. The fourth-order valence-corrected chi connectivity index (χ4v) is 2.18. The lowest BCUT2D eigenvalue weighted by Gasteiger charge is -2.11. The van der Waals surface area contributed by atoms with Gasteiger partial charge in [-0.1, -0.05) is 18.2 Å². The molecule has 0 bridgehead atoms. The fourth-order valence-electron chi connectivity index (χ4n) is 2.18. The zero-order chi connectivity index (χ0) is 18.2. The molecule has 2 aromatic carbocycles. The number of halogens is 1. The number of hydrogen-bond acceptors (Lipinski definition) is 4. The van der Waals surface area contributed by atoms with E-state index >= 15 is 0 Å². The second-order valence-corrected chi connectivity index (χ2v) is 5.16. The highest BCUT2D eigenvalue weighted by atomic mass is 19.1. The molecule has 25 heavy (non-hydrogen) atoms. The van der Waals surface area contributed by atoms with Crippen molar-refractivity contribution in [3.63, 3.8) is 0 Å². The molecule has 0 heterocycles. The first-order chi connectivity index (χ1) is 12.0. The highest BCUT2D eigenvalue weighted by Crippen LogP contribution is 2.29. The number of ether oxygens (including phenoxy) is 2. The van der Waals surface area contributed by atoms with Crippen LogP contribution in [0.5, 0.6) is 11.5 Å². The molecule has 2 rings (SSSR count). The average molecular weight is 346 g/mol. The van der Waals surface area contributed by atoms with Crippen molar-refractivity contribution in [1.29, 1.82) is 0 Å². The molecular weight excluding hydrogens is 327 g/mol. The maximum absolute atomic E-state index is 13.5. The van der Waals surface area contributed by atoms with Crippen molar-refractivity contribution in [2.45, 2.75) is 6.42 Å². The quantitative estimate of drug-likeness (QED) is 0.805. The van der Waals surface area contributed by atoms with Gasteiger partial charge in [0.1, 0.15) is 5.82 Å². The summed E-state index contributed by atoms with van der Waals surface area (Å²) in [5, 5.41) is 5.09. The molecule has 2 N–H and O–H groups in total. The zero-order valence-electron chi connectivity index (χ0n) is 14.0. The van der Waals surface area contributed by atoms with Crippen LogP contribution in [0.25, 0.3) is 0 Å². The predicted molar refractivity (Wildman–Crippen MR) is 91.3 cm³/mol. The maximum Gasteiger partial charge on any atom is 0.243 e. The maximum atomic E-state index is 13.5. The molecule has 2 amide bonds. The Balaban J connectivity index is 1.86. The lowest BCUT2D eigenvalue weighted by Crippen LogP contribution is -2.33. The van der Waals surface area contributed by atoms with Crippen molar-refractivity contribution in [2.24, 2.45) is 0 Å². The summed E-state index contributed by atoms with van der Waals surface area (Å²) in [4.78, 5) is 23.7. The third-order valence-corrected chi connectivity index (χ3v) is 3.42. The van der Waals surface area contributed by atoms with Gasteiger partial charge in [-0.2, -0.15) is 0 Å². The third-order valence-electron chi connectivity index (χ3n) is 3.42. The van der Waals surface area contributed by atoms with Crippen LogP contribution < -0.4 is 20.1 Å². The minimum Gasteiger partial charge on any atom is -0.493 e. The largest absolute Gasteiger partial charge is 0.493 e. The molecule has 7 heteroatoms. The molecule has 2 aromatic rings. The van der Waals surface area contributed by atoms with E-state index in [1.165, 1.54) is 26.4 Å². The van der Waals surface area contributed by atoms with Crippen LogP contribution in [-0.2, 0) is 16.0 Å². The van der Waals surface area contributed by atoms with Gasteiger partial charge >= 0.3 is 0 Å². The minimum atomic E-state index is -0.451. The van der Waals surface area contributed by atoms with Crippen LogP contribution in [-0.4, -0.2) is 32.6 Å². The molecule has 0 saturated carbocycles. The summed E-state index contributed by atoms with van der Waals surface area (Å²) in [5.74, 6) is -0.281. The number of benzene rings is 2. The van der Waals surface area contributed by atoms with E-state index in [0.717, 1.165) is 0 Å². The molecule has 6 nitrogen and oxygen atoms in total. The SMILES string of the molecule is COc1ccc(NC(=O)CNC(=O)Cc2ccccc2F)cc1OC. The number of carbonyl (C=O) groups is 2. The second kappa shape index (κ2) is 8.68. The Morgan fingerprint density at radius 1 is 1.00 bits per heavy atom. The van der Waals surface area contributed by atoms with Crippen LogP contribution in [0.1, 0.15) is 5.56 Å². The predicted octanol–water partition coefficient (Wildman–Crippen LogP) is 2.14. The highest BCUT2D eigenvalue weighted by Gasteiger charge is 2.11. The first kappa shape index (κ1) is 18.3. The van der Waals surface area contributed by atoms with Crippen LogP contribution in [0.15, 0.2) is 42.5 Å². The smallest absolute Gasteiger partial charge is 0.243 e. The summed E-state index contributed by atoms with van der Waals surface area (Å²) < 4.78 is 23.8. The Morgan fingerprint density at radius 3 is 2.40 bits per heavy atom. The number of methoxy groups -OCH3 is 2. The van der Waals surface area contributed by atoms with Crippen LogP contribution in [0.2, 0.25) is 0 Å². The molecule has 0 spiro atoms. The number of carbonyl (C=O) groups excluding carboxylic acids is 2. The summed E-state index contributed by atoms with van der Waals surface area (Å²) in [6.07, 6.45) is -0.129. The van der Waals surface area contributed by atoms with Crippen molar-refractivity contribution in [3.8, 4) is 11.5 Å². The fraction of sp³-hybridized carbons (Fsp3) is 0.222. The molecule has 0 aliphatic heterocycles. The monoisotopic (exact) mass is 346 g/mol. The number of hydrogen-bond donors (Lipinski definition) is 2. The van der Waals surface area contributed by atoms with Gasteiger partial charge in [0.2, 0.25) is 11.8 Å². The van der Waals surface area contributed by atoms with Gasteiger partial charge in [-0.25, -0.2) is 4.39 Å². The molecule has 0 fully saturated rings. The number of amides is 2. The number of rotatable bonds is 7. The molecule has 132 valence electrons. The molecule has 0 radical (unpaired) electrons. The standard InChI is InChI=1S/C18H19FN2O4/c1-24-15-8-7-13(10-16(15)25-2)21-18(23)11-20-17(22)9-12-5-3-4-6-14(12)19/h3-8,10H,9,11H2,1-2H3,(H,20,22)(H,21,23). The summed E-state index contributed by atoms with van der Waals surface area (Å²) in [7, 11) is 3.01. The molecule has 0 aliphatic carbocycles. The van der Waals surface area contributed by atoms with Crippen molar-refractivity contribution in [3.05, 3.63) is 53.8 Å². The van der Waals surface area contributed by atoms with Gasteiger partial charge in [0, 0.05) is 11.8 Å². The molecule has 0 unspecified atom stereocenters. The first-order valence-electron chi connectivity index (χ1n) is 7.55. The van der Waals surface area contributed by atoms with E-state index < -0.39 is 17.6 Å². The molecule has 0 atom stereocenters. The summed E-state index contributed by atoms with van der Waals surface area (Å²) >= 11 is 0. The van der Waals surface area contributed by atoms with E-state index in [9.17, 15) is 14.0 Å². The Kier molecular flexibility index (Phi) is 6.33. The lowest BCUT2D eigenvalue weighted by atomic mass is 10.1. The Bertz CT molecular complexity index is 764. The summed E-state index contributed by atoms with van der Waals surface area (Å²) in [6, 6.07) is 10.9. The van der Waals surface area contributed by atoms with E-state index in [4.69, 9.17) is 9.47 Å². The Hall–Kier alpha value is -3.09. The van der Waals surface area contributed by atoms with Crippen LogP contribution in [0.3, 0.4) is 0 Å². The molecule has 0 aliphatic rings.